The second-order valence-corrected chi connectivity index (χ2v) is 6.35. The molecule has 0 saturated carbocycles. The van der Waals surface area contributed by atoms with Crippen molar-refractivity contribution >= 4 is 34.2 Å². The van der Waals surface area contributed by atoms with Crippen LogP contribution < -0.4 is 10.2 Å². The number of methoxy groups -OCH3 is 1. The van der Waals surface area contributed by atoms with E-state index in [1.807, 2.05) is 43.3 Å². The Bertz CT molecular complexity index is 923. The van der Waals surface area contributed by atoms with Crippen LogP contribution >= 0.6 is 0 Å². The zero-order valence-corrected chi connectivity index (χ0v) is 15.5. The van der Waals surface area contributed by atoms with Crippen LogP contribution in [0.2, 0.25) is 0 Å². The Morgan fingerprint density at radius 2 is 2.15 bits per heavy atom. The number of aliphatic hydroxyl groups excluding tert-OH is 1. The van der Waals surface area contributed by atoms with Gasteiger partial charge in [0.15, 0.2) is 0 Å². The Morgan fingerprint density at radius 1 is 1.37 bits per heavy atom. The van der Waals surface area contributed by atoms with Crippen LogP contribution in [0.15, 0.2) is 41.7 Å². The fourth-order valence-electron chi connectivity index (χ4n) is 3.11. The summed E-state index contributed by atoms with van der Waals surface area (Å²) in [7, 11) is 5.14. The molecule has 142 valence electrons. The van der Waals surface area contributed by atoms with Crippen molar-refractivity contribution in [3.05, 3.63) is 41.7 Å². The van der Waals surface area contributed by atoms with Crippen molar-refractivity contribution in [3.8, 4) is 0 Å². The Hall–Kier alpha value is -3.13. The molecule has 2 N–H and O–H groups in total. The third kappa shape index (κ3) is 3.43. The van der Waals surface area contributed by atoms with Gasteiger partial charge in [0.1, 0.15) is 5.70 Å². The van der Waals surface area contributed by atoms with Gasteiger partial charge in [-0.25, -0.2) is 4.79 Å². The zero-order chi connectivity index (χ0) is 19.6. The summed E-state index contributed by atoms with van der Waals surface area (Å²) >= 11 is 0. The number of carbonyl (C=O) groups excluding carboxylic acids is 2. The minimum Gasteiger partial charge on any atom is -0.466 e. The number of aliphatic hydroxyl groups is 1. The normalized spacial score (nSPS) is 14.1. The first-order valence-corrected chi connectivity index (χ1v) is 8.51. The number of hydrogen-bond acceptors (Lipinski definition) is 7. The SMILES string of the molecule is COC(=O)C1=C(Nc2ccc(N(C)C)c3ncccc23)C(=O)N(CCO)C1. The van der Waals surface area contributed by atoms with Gasteiger partial charge < -0.3 is 25.0 Å². The van der Waals surface area contributed by atoms with E-state index in [1.54, 1.807) is 6.20 Å². The average molecular weight is 370 g/mol. The van der Waals surface area contributed by atoms with Crippen molar-refractivity contribution < 1.29 is 19.4 Å². The molecule has 27 heavy (non-hydrogen) atoms. The molecule has 8 heteroatoms. The lowest BCUT2D eigenvalue weighted by Gasteiger charge is -2.18. The number of aromatic nitrogens is 1. The number of rotatable bonds is 6. The van der Waals surface area contributed by atoms with Crippen LogP contribution in [0.5, 0.6) is 0 Å². The number of fused-ring (bicyclic) bond motifs is 1. The molecule has 1 aliphatic rings. The van der Waals surface area contributed by atoms with Gasteiger partial charge in [-0.2, -0.15) is 0 Å². The minimum absolute atomic E-state index is 0.0976. The van der Waals surface area contributed by atoms with Crippen LogP contribution in [0.4, 0.5) is 11.4 Å². The van der Waals surface area contributed by atoms with Crippen molar-refractivity contribution in [2.45, 2.75) is 0 Å². The van der Waals surface area contributed by atoms with Crippen LogP contribution in [-0.4, -0.2) is 67.8 Å². The molecule has 1 aromatic carbocycles. The maximum atomic E-state index is 12.7. The lowest BCUT2D eigenvalue weighted by molar-refractivity contribution is -0.136. The van der Waals surface area contributed by atoms with Crippen molar-refractivity contribution in [3.63, 3.8) is 0 Å². The summed E-state index contributed by atoms with van der Waals surface area (Å²) < 4.78 is 4.82. The summed E-state index contributed by atoms with van der Waals surface area (Å²) in [4.78, 5) is 32.7. The number of pyridine rings is 1. The Morgan fingerprint density at radius 3 is 2.81 bits per heavy atom. The third-order valence-corrected chi connectivity index (χ3v) is 4.44. The number of benzene rings is 1. The second kappa shape index (κ2) is 7.63. The first-order valence-electron chi connectivity index (χ1n) is 8.51. The van der Waals surface area contributed by atoms with Gasteiger partial charge in [0, 0.05) is 37.9 Å². The fourth-order valence-corrected chi connectivity index (χ4v) is 3.11. The van der Waals surface area contributed by atoms with Gasteiger partial charge in [0.2, 0.25) is 0 Å². The standard InChI is InChI=1S/C19H22N4O4/c1-22(2)15-7-6-14(12-5-4-8-20-16(12)15)21-17-13(19(26)27-3)11-23(9-10-24)18(17)25/h4-8,21,24H,9-11H2,1-3H3. The van der Waals surface area contributed by atoms with E-state index in [4.69, 9.17) is 9.84 Å². The van der Waals surface area contributed by atoms with Crippen LogP contribution in [0.3, 0.4) is 0 Å². The molecule has 0 saturated heterocycles. The average Bonchev–Trinajstić information content (AvgIpc) is 2.97. The Kier molecular flexibility index (Phi) is 5.27. The maximum Gasteiger partial charge on any atom is 0.337 e. The van der Waals surface area contributed by atoms with Crippen molar-refractivity contribution in [1.29, 1.82) is 0 Å². The van der Waals surface area contributed by atoms with E-state index in [9.17, 15) is 9.59 Å². The highest BCUT2D eigenvalue weighted by molar-refractivity contribution is 6.10. The van der Waals surface area contributed by atoms with Gasteiger partial charge in [0.05, 0.1) is 37.0 Å². The molecule has 8 nitrogen and oxygen atoms in total. The predicted molar refractivity (Wildman–Crippen MR) is 102 cm³/mol. The number of hydrogen-bond donors (Lipinski definition) is 2. The largest absolute Gasteiger partial charge is 0.466 e. The molecule has 0 fully saturated rings. The summed E-state index contributed by atoms with van der Waals surface area (Å²) in [6.07, 6.45) is 1.71. The summed E-state index contributed by atoms with van der Waals surface area (Å²) in [5.41, 5.74) is 2.80. The van der Waals surface area contributed by atoms with E-state index in [-0.39, 0.29) is 36.9 Å². The molecular weight excluding hydrogens is 348 g/mol. The number of carbonyl (C=O) groups is 2. The lowest BCUT2D eigenvalue weighted by Crippen LogP contribution is -2.31. The third-order valence-electron chi connectivity index (χ3n) is 4.44. The Labute approximate surface area is 157 Å². The number of esters is 1. The lowest BCUT2D eigenvalue weighted by atomic mass is 10.1. The van der Waals surface area contributed by atoms with Gasteiger partial charge in [-0.3, -0.25) is 9.78 Å². The van der Waals surface area contributed by atoms with Gasteiger partial charge in [-0.15, -0.1) is 0 Å². The molecule has 2 heterocycles. The first kappa shape index (κ1) is 18.7. The molecule has 0 aliphatic carbocycles. The van der Waals surface area contributed by atoms with Crippen LogP contribution in [0, 0.1) is 0 Å². The van der Waals surface area contributed by atoms with Crippen LogP contribution in [-0.2, 0) is 14.3 Å². The van der Waals surface area contributed by atoms with Gasteiger partial charge in [-0.1, -0.05) is 0 Å². The van der Waals surface area contributed by atoms with Gasteiger partial charge in [0.25, 0.3) is 5.91 Å². The topological polar surface area (TPSA) is 95.0 Å². The van der Waals surface area contributed by atoms with E-state index in [2.05, 4.69) is 10.3 Å². The number of ether oxygens (including phenoxy) is 1. The van der Waals surface area contributed by atoms with Crippen molar-refractivity contribution in [1.82, 2.24) is 9.88 Å². The highest BCUT2D eigenvalue weighted by atomic mass is 16.5. The van der Waals surface area contributed by atoms with E-state index in [0.29, 0.717) is 5.69 Å². The van der Waals surface area contributed by atoms with Crippen LogP contribution in [0.1, 0.15) is 0 Å². The van der Waals surface area contributed by atoms with Crippen molar-refractivity contribution in [2.75, 3.05) is 51.1 Å². The molecule has 0 unspecified atom stereocenters. The fraction of sp³-hybridized carbons (Fsp3) is 0.316. The molecule has 0 bridgehead atoms. The number of nitrogens with zero attached hydrogens (tertiary/aromatic N) is 3. The predicted octanol–water partition coefficient (Wildman–Crippen LogP) is 0.974. The van der Waals surface area contributed by atoms with Gasteiger partial charge >= 0.3 is 5.97 Å². The zero-order valence-electron chi connectivity index (χ0n) is 15.5. The smallest absolute Gasteiger partial charge is 0.337 e. The molecule has 1 amide bonds. The summed E-state index contributed by atoms with van der Waals surface area (Å²) in [6, 6.07) is 7.47. The molecule has 2 aromatic rings. The molecule has 1 aliphatic heterocycles. The van der Waals surface area contributed by atoms with Gasteiger partial charge in [-0.05, 0) is 24.3 Å². The molecule has 0 radical (unpaired) electrons. The minimum atomic E-state index is -0.571. The highest BCUT2D eigenvalue weighted by Crippen LogP contribution is 2.32. The quantitative estimate of drug-likeness (QED) is 0.732. The van der Waals surface area contributed by atoms with E-state index in [0.717, 1.165) is 16.6 Å². The van der Waals surface area contributed by atoms with Crippen LogP contribution in [0.25, 0.3) is 10.9 Å². The number of β-amino-alcohol motifs (C(OH)–C–C–N with tert-alkyl or cyclic N) is 1. The van der Waals surface area contributed by atoms with E-state index < -0.39 is 5.97 Å². The Balaban J connectivity index is 2.06. The molecular formula is C19H22N4O4. The number of amides is 1. The van der Waals surface area contributed by atoms with Crippen molar-refractivity contribution in [2.24, 2.45) is 0 Å². The first-order chi connectivity index (χ1) is 13.0. The number of anilines is 2. The number of nitrogens with one attached hydrogen (secondary N) is 1. The molecule has 0 spiro atoms. The second-order valence-electron chi connectivity index (χ2n) is 6.35. The monoisotopic (exact) mass is 370 g/mol. The summed E-state index contributed by atoms with van der Waals surface area (Å²) in [6.45, 7) is 0.0601. The summed E-state index contributed by atoms with van der Waals surface area (Å²) in [5, 5.41) is 13.1. The highest BCUT2D eigenvalue weighted by Gasteiger charge is 2.34. The maximum absolute atomic E-state index is 12.7. The summed E-state index contributed by atoms with van der Waals surface area (Å²) in [5.74, 6) is -0.920. The molecule has 0 atom stereocenters. The molecule has 3 rings (SSSR count). The van der Waals surface area contributed by atoms with E-state index >= 15 is 0 Å². The molecule has 1 aromatic heterocycles. The van der Waals surface area contributed by atoms with E-state index in [1.165, 1.54) is 12.0 Å².